The Morgan fingerprint density at radius 1 is 1.33 bits per heavy atom. The molecule has 6 nitrogen and oxygen atoms in total. The lowest BCUT2D eigenvalue weighted by atomic mass is 10.3. The zero-order chi connectivity index (χ0) is 13.2. The number of rotatable bonds is 4. The number of aromatic nitrogens is 3. The predicted molar refractivity (Wildman–Crippen MR) is 63.1 cm³/mol. The molecule has 1 aromatic carbocycles. The van der Waals surface area contributed by atoms with Crippen LogP contribution in [0.15, 0.2) is 40.4 Å². The number of carbonyl (C=O) groups excluding carboxylic acids is 2. The summed E-state index contributed by atoms with van der Waals surface area (Å²) in [6.45, 7) is 2.66. The molecule has 0 radical (unpaired) electrons. The van der Waals surface area contributed by atoms with Crippen molar-refractivity contribution in [2.45, 2.75) is 16.8 Å². The summed E-state index contributed by atoms with van der Waals surface area (Å²) in [6, 6.07) is 7.91. The molecule has 0 amide bonds. The number of hydrogen-bond donors (Lipinski definition) is 1. The molecule has 0 spiro atoms. The predicted octanol–water partition coefficient (Wildman–Crippen LogP) is 1.77. The number of aromatic amines is 1. The molecule has 7 heteroatoms. The lowest BCUT2D eigenvalue weighted by Gasteiger charge is -2.03. The molecule has 1 aromatic heterocycles. The minimum absolute atomic E-state index is 0.250. The molecule has 0 saturated heterocycles. The van der Waals surface area contributed by atoms with E-state index in [1.54, 1.807) is 18.0 Å². The average Bonchev–Trinajstić information content (AvgIpc) is 2.86. The maximum atomic E-state index is 8.12. The van der Waals surface area contributed by atoms with E-state index in [9.17, 15) is 0 Å². The normalized spacial score (nSPS) is 8.94. The van der Waals surface area contributed by atoms with Crippen LogP contribution in [0.5, 0.6) is 5.75 Å². The van der Waals surface area contributed by atoms with E-state index >= 15 is 0 Å². The maximum absolute atomic E-state index is 8.12. The van der Waals surface area contributed by atoms with Gasteiger partial charge in [-0.3, -0.25) is 0 Å². The second-order valence-corrected chi connectivity index (χ2v) is 3.99. The Hall–Kier alpha value is -2.11. The fraction of sp³-hybridized carbons (Fsp3) is 0.182. The molecule has 0 unspecified atom stereocenters. The number of nitrogens with one attached hydrogen (secondary N) is 1. The Bertz CT molecular complexity index is 479. The number of nitrogens with zero attached hydrogens (tertiary/aromatic N) is 2. The molecule has 0 aliphatic rings. The van der Waals surface area contributed by atoms with Crippen molar-refractivity contribution >= 4 is 17.9 Å². The highest BCUT2D eigenvalue weighted by molar-refractivity contribution is 7.99. The topological polar surface area (TPSA) is 84.9 Å². The number of benzene rings is 1. The average molecular weight is 265 g/mol. The van der Waals surface area contributed by atoms with Crippen molar-refractivity contribution in [3.05, 3.63) is 30.5 Å². The van der Waals surface area contributed by atoms with Gasteiger partial charge < -0.3 is 4.74 Å². The lowest BCUT2D eigenvalue weighted by Crippen LogP contribution is -1.90. The highest BCUT2D eigenvalue weighted by Gasteiger charge is 2.00. The van der Waals surface area contributed by atoms with Crippen LogP contribution >= 0.6 is 11.8 Å². The molecule has 1 heterocycles. The standard InChI is InChI=1S/C10H11N3OS.CO2/c1-2-14-8-3-5-9(6-4-8)15-10-7-11-13-12-10;2-1-3/h3-7H,2H2,1H3,(H,11,12,13);. The first kappa shape index (κ1) is 14.0. The zero-order valence-electron chi connectivity index (χ0n) is 9.62. The molecule has 2 aromatic rings. The van der Waals surface area contributed by atoms with Crippen LogP contribution in [0.25, 0.3) is 0 Å². The van der Waals surface area contributed by atoms with Crippen LogP contribution in [-0.2, 0) is 9.59 Å². The van der Waals surface area contributed by atoms with Gasteiger partial charge in [0, 0.05) is 4.90 Å². The lowest BCUT2D eigenvalue weighted by molar-refractivity contribution is -0.191. The smallest absolute Gasteiger partial charge is 0.373 e. The van der Waals surface area contributed by atoms with Crippen molar-refractivity contribution in [1.29, 1.82) is 0 Å². The Kier molecular flexibility index (Phi) is 6.24. The van der Waals surface area contributed by atoms with Crippen molar-refractivity contribution in [1.82, 2.24) is 15.4 Å². The monoisotopic (exact) mass is 265 g/mol. The largest absolute Gasteiger partial charge is 0.494 e. The fourth-order valence-corrected chi connectivity index (χ4v) is 1.84. The van der Waals surface area contributed by atoms with Gasteiger partial charge in [0.2, 0.25) is 0 Å². The summed E-state index contributed by atoms with van der Waals surface area (Å²) >= 11 is 1.56. The molecule has 0 saturated carbocycles. The van der Waals surface area contributed by atoms with E-state index in [0.717, 1.165) is 15.7 Å². The summed E-state index contributed by atoms with van der Waals surface area (Å²) in [5.41, 5.74) is 0. The van der Waals surface area contributed by atoms with Gasteiger partial charge in [-0.2, -0.15) is 19.9 Å². The molecule has 1 N–H and O–H groups in total. The minimum Gasteiger partial charge on any atom is -0.494 e. The van der Waals surface area contributed by atoms with Crippen LogP contribution in [0, 0.1) is 0 Å². The first-order valence-electron chi connectivity index (χ1n) is 5.06. The Morgan fingerprint density at radius 2 is 2.00 bits per heavy atom. The second kappa shape index (κ2) is 8.05. The molecule has 0 aliphatic heterocycles. The zero-order valence-corrected chi connectivity index (χ0v) is 10.4. The molecular formula is C11H11N3O3S. The summed E-state index contributed by atoms with van der Waals surface area (Å²) < 4.78 is 5.35. The highest BCUT2D eigenvalue weighted by Crippen LogP contribution is 2.26. The molecule has 18 heavy (non-hydrogen) atoms. The first-order valence-corrected chi connectivity index (χ1v) is 5.87. The third kappa shape index (κ3) is 4.82. The van der Waals surface area contributed by atoms with Gasteiger partial charge in [0.05, 0.1) is 12.8 Å². The Labute approximate surface area is 108 Å². The first-order chi connectivity index (χ1) is 8.80. The maximum Gasteiger partial charge on any atom is 0.373 e. The Balaban J connectivity index is 0.000000492. The van der Waals surface area contributed by atoms with Gasteiger partial charge in [-0.25, -0.2) is 0 Å². The van der Waals surface area contributed by atoms with Gasteiger partial charge >= 0.3 is 6.15 Å². The molecule has 94 valence electrons. The Morgan fingerprint density at radius 3 is 2.50 bits per heavy atom. The van der Waals surface area contributed by atoms with E-state index in [2.05, 4.69) is 15.4 Å². The van der Waals surface area contributed by atoms with E-state index < -0.39 is 0 Å². The van der Waals surface area contributed by atoms with Crippen LogP contribution in [0.1, 0.15) is 6.92 Å². The van der Waals surface area contributed by atoms with E-state index in [1.165, 1.54) is 0 Å². The van der Waals surface area contributed by atoms with E-state index in [1.807, 2.05) is 31.2 Å². The van der Waals surface area contributed by atoms with Gasteiger partial charge in [-0.05, 0) is 31.2 Å². The van der Waals surface area contributed by atoms with Crippen LogP contribution < -0.4 is 4.74 Å². The molecule has 0 fully saturated rings. The van der Waals surface area contributed by atoms with Gasteiger partial charge in [0.25, 0.3) is 0 Å². The van der Waals surface area contributed by atoms with Gasteiger partial charge in [-0.1, -0.05) is 11.8 Å². The van der Waals surface area contributed by atoms with Crippen LogP contribution in [0.4, 0.5) is 0 Å². The van der Waals surface area contributed by atoms with E-state index in [4.69, 9.17) is 14.3 Å². The fourth-order valence-electron chi connectivity index (χ4n) is 1.13. The molecule has 0 bridgehead atoms. The van der Waals surface area contributed by atoms with Gasteiger partial charge in [-0.15, -0.1) is 5.10 Å². The number of H-pyrrole nitrogens is 1. The van der Waals surface area contributed by atoms with Crippen molar-refractivity contribution < 1.29 is 14.3 Å². The number of hydrogen-bond acceptors (Lipinski definition) is 6. The van der Waals surface area contributed by atoms with Crippen molar-refractivity contribution in [3.8, 4) is 5.75 Å². The molecule has 2 rings (SSSR count). The van der Waals surface area contributed by atoms with Crippen molar-refractivity contribution in [3.63, 3.8) is 0 Å². The van der Waals surface area contributed by atoms with Gasteiger partial charge in [0.1, 0.15) is 10.8 Å². The van der Waals surface area contributed by atoms with Gasteiger partial charge in [0.15, 0.2) is 0 Å². The van der Waals surface area contributed by atoms with E-state index in [0.29, 0.717) is 6.61 Å². The molecule has 0 aliphatic carbocycles. The van der Waals surface area contributed by atoms with Crippen LogP contribution in [0.3, 0.4) is 0 Å². The summed E-state index contributed by atoms with van der Waals surface area (Å²) in [5.74, 6) is 0.891. The highest BCUT2D eigenvalue weighted by atomic mass is 32.2. The minimum atomic E-state index is 0.250. The quantitative estimate of drug-likeness (QED) is 0.906. The third-order valence-corrected chi connectivity index (χ3v) is 2.66. The summed E-state index contributed by atoms with van der Waals surface area (Å²) in [5, 5.41) is 11.1. The summed E-state index contributed by atoms with van der Waals surface area (Å²) in [4.78, 5) is 17.4. The third-order valence-electron chi connectivity index (χ3n) is 1.75. The summed E-state index contributed by atoms with van der Waals surface area (Å²) in [6.07, 6.45) is 1.95. The molecular weight excluding hydrogens is 254 g/mol. The van der Waals surface area contributed by atoms with Crippen LogP contribution in [0.2, 0.25) is 0 Å². The second-order valence-electron chi connectivity index (χ2n) is 2.90. The SMILES string of the molecule is CCOc1ccc(Sc2cn[nH]n2)cc1.O=C=O. The van der Waals surface area contributed by atoms with Crippen LogP contribution in [-0.4, -0.2) is 28.2 Å². The van der Waals surface area contributed by atoms with Crippen molar-refractivity contribution in [2.24, 2.45) is 0 Å². The number of ether oxygens (including phenoxy) is 1. The van der Waals surface area contributed by atoms with E-state index in [-0.39, 0.29) is 6.15 Å². The van der Waals surface area contributed by atoms with Crippen molar-refractivity contribution in [2.75, 3.05) is 6.61 Å². The summed E-state index contributed by atoms with van der Waals surface area (Å²) in [7, 11) is 0. The molecule has 0 atom stereocenters.